The van der Waals surface area contributed by atoms with Crippen molar-refractivity contribution in [1.29, 1.82) is 0 Å². The van der Waals surface area contributed by atoms with Crippen molar-refractivity contribution in [3.63, 3.8) is 0 Å². The Hall–Kier alpha value is -1.88. The molecule has 2 aromatic rings. The Labute approximate surface area is 130 Å². The van der Waals surface area contributed by atoms with Crippen LogP contribution in [-0.4, -0.2) is 45.2 Å². The summed E-state index contributed by atoms with van der Waals surface area (Å²) in [4.78, 5) is 17.8. The van der Waals surface area contributed by atoms with Gasteiger partial charge in [-0.3, -0.25) is 4.79 Å². The SMILES string of the molecule is CCn1c(C2CCN(CCC(=O)O)CC2)nc2ccccc21. The number of piperidine rings is 1. The predicted molar refractivity (Wildman–Crippen MR) is 86.1 cm³/mol. The third-order valence-corrected chi connectivity index (χ3v) is 4.59. The smallest absolute Gasteiger partial charge is 0.304 e. The van der Waals surface area contributed by atoms with Crippen LogP contribution in [0.4, 0.5) is 0 Å². The number of aryl methyl sites for hydroxylation is 1. The van der Waals surface area contributed by atoms with E-state index in [2.05, 4.69) is 34.6 Å². The molecule has 2 heterocycles. The fourth-order valence-electron chi connectivity index (χ4n) is 3.41. The molecule has 22 heavy (non-hydrogen) atoms. The Morgan fingerprint density at radius 1 is 1.32 bits per heavy atom. The number of rotatable bonds is 5. The zero-order valence-electron chi connectivity index (χ0n) is 13.0. The maximum atomic E-state index is 10.7. The number of hydrogen-bond donors (Lipinski definition) is 1. The van der Waals surface area contributed by atoms with Crippen molar-refractivity contribution in [3.8, 4) is 0 Å². The van der Waals surface area contributed by atoms with Crippen molar-refractivity contribution in [1.82, 2.24) is 14.5 Å². The van der Waals surface area contributed by atoms with E-state index in [9.17, 15) is 4.79 Å². The highest BCUT2D eigenvalue weighted by molar-refractivity contribution is 5.76. The second-order valence-corrected chi connectivity index (χ2v) is 5.96. The number of benzene rings is 1. The van der Waals surface area contributed by atoms with Crippen molar-refractivity contribution in [2.75, 3.05) is 19.6 Å². The van der Waals surface area contributed by atoms with Crippen LogP contribution in [-0.2, 0) is 11.3 Å². The largest absolute Gasteiger partial charge is 0.481 e. The van der Waals surface area contributed by atoms with Gasteiger partial charge >= 0.3 is 5.97 Å². The first-order chi connectivity index (χ1) is 10.7. The van der Waals surface area contributed by atoms with Crippen molar-refractivity contribution >= 4 is 17.0 Å². The van der Waals surface area contributed by atoms with Crippen molar-refractivity contribution in [3.05, 3.63) is 30.1 Å². The zero-order valence-corrected chi connectivity index (χ0v) is 13.0. The third-order valence-electron chi connectivity index (χ3n) is 4.59. The molecule has 1 fully saturated rings. The van der Waals surface area contributed by atoms with Gasteiger partial charge in [0.15, 0.2) is 0 Å². The fourth-order valence-corrected chi connectivity index (χ4v) is 3.41. The number of likely N-dealkylation sites (tertiary alicyclic amines) is 1. The summed E-state index contributed by atoms with van der Waals surface area (Å²) in [5.41, 5.74) is 2.29. The lowest BCUT2D eigenvalue weighted by molar-refractivity contribution is -0.137. The Balaban J connectivity index is 1.72. The molecule has 1 aromatic carbocycles. The van der Waals surface area contributed by atoms with E-state index in [0.717, 1.165) is 38.0 Å². The van der Waals surface area contributed by atoms with Gasteiger partial charge in [0.2, 0.25) is 0 Å². The highest BCUT2D eigenvalue weighted by Gasteiger charge is 2.25. The number of imidazole rings is 1. The minimum Gasteiger partial charge on any atom is -0.481 e. The second-order valence-electron chi connectivity index (χ2n) is 5.96. The van der Waals surface area contributed by atoms with Gasteiger partial charge in [-0.05, 0) is 45.0 Å². The summed E-state index contributed by atoms with van der Waals surface area (Å²) < 4.78 is 2.33. The molecule has 1 aromatic heterocycles. The standard InChI is InChI=1S/C17H23N3O2/c1-2-20-15-6-4-3-5-14(15)18-17(20)13-7-10-19(11-8-13)12-9-16(21)22/h3-6,13H,2,7-12H2,1H3,(H,21,22). The highest BCUT2D eigenvalue weighted by Crippen LogP contribution is 2.30. The van der Waals surface area contributed by atoms with Gasteiger partial charge in [-0.2, -0.15) is 0 Å². The molecule has 0 radical (unpaired) electrons. The summed E-state index contributed by atoms with van der Waals surface area (Å²) in [7, 11) is 0. The van der Waals surface area contributed by atoms with Gasteiger partial charge in [0, 0.05) is 19.0 Å². The second kappa shape index (κ2) is 6.48. The molecular weight excluding hydrogens is 278 g/mol. The minimum absolute atomic E-state index is 0.234. The lowest BCUT2D eigenvalue weighted by Crippen LogP contribution is -2.35. The average molecular weight is 301 g/mol. The molecule has 0 saturated carbocycles. The van der Waals surface area contributed by atoms with Crippen LogP contribution in [0.25, 0.3) is 11.0 Å². The van der Waals surface area contributed by atoms with Crippen LogP contribution in [0, 0.1) is 0 Å². The van der Waals surface area contributed by atoms with E-state index in [1.807, 2.05) is 6.07 Å². The van der Waals surface area contributed by atoms with E-state index in [0.29, 0.717) is 12.5 Å². The zero-order chi connectivity index (χ0) is 15.5. The van der Waals surface area contributed by atoms with E-state index in [1.54, 1.807) is 0 Å². The molecule has 1 saturated heterocycles. The monoisotopic (exact) mass is 301 g/mol. The fraction of sp³-hybridized carbons (Fsp3) is 0.529. The molecule has 0 atom stereocenters. The van der Waals surface area contributed by atoms with Gasteiger partial charge in [-0.15, -0.1) is 0 Å². The molecule has 1 aliphatic heterocycles. The van der Waals surface area contributed by atoms with Gasteiger partial charge in [-0.25, -0.2) is 4.98 Å². The molecule has 3 rings (SSSR count). The van der Waals surface area contributed by atoms with E-state index < -0.39 is 5.97 Å². The van der Waals surface area contributed by atoms with Crippen LogP contribution >= 0.6 is 0 Å². The van der Waals surface area contributed by atoms with Gasteiger partial charge in [-0.1, -0.05) is 12.1 Å². The Morgan fingerprint density at radius 2 is 2.05 bits per heavy atom. The van der Waals surface area contributed by atoms with E-state index in [4.69, 9.17) is 10.1 Å². The lowest BCUT2D eigenvalue weighted by atomic mass is 9.95. The van der Waals surface area contributed by atoms with Gasteiger partial charge in [0.05, 0.1) is 17.5 Å². The minimum atomic E-state index is -0.713. The number of carbonyl (C=O) groups is 1. The molecule has 0 spiro atoms. The van der Waals surface area contributed by atoms with Crippen molar-refractivity contribution in [2.24, 2.45) is 0 Å². The number of fused-ring (bicyclic) bond motifs is 1. The number of hydrogen-bond acceptors (Lipinski definition) is 3. The Kier molecular flexibility index (Phi) is 4.43. The molecule has 0 unspecified atom stereocenters. The molecule has 1 aliphatic rings. The molecular formula is C17H23N3O2. The summed E-state index contributed by atoms with van der Waals surface area (Å²) in [6, 6.07) is 8.31. The van der Waals surface area contributed by atoms with Gasteiger partial charge < -0.3 is 14.6 Å². The summed E-state index contributed by atoms with van der Waals surface area (Å²) in [6.07, 6.45) is 2.35. The number of carboxylic acid groups (broad SMARTS) is 1. The van der Waals surface area contributed by atoms with E-state index in [1.165, 1.54) is 11.3 Å². The third kappa shape index (κ3) is 2.99. The van der Waals surface area contributed by atoms with Gasteiger partial charge in [0.25, 0.3) is 0 Å². The highest BCUT2D eigenvalue weighted by atomic mass is 16.4. The number of aromatic nitrogens is 2. The molecule has 0 amide bonds. The average Bonchev–Trinajstić information content (AvgIpc) is 2.92. The van der Waals surface area contributed by atoms with Crippen molar-refractivity contribution < 1.29 is 9.90 Å². The van der Waals surface area contributed by atoms with Crippen LogP contribution in [0.15, 0.2) is 24.3 Å². The normalized spacial score (nSPS) is 17.1. The molecule has 0 aliphatic carbocycles. The molecule has 0 bridgehead atoms. The lowest BCUT2D eigenvalue weighted by Gasteiger charge is -2.31. The van der Waals surface area contributed by atoms with E-state index in [-0.39, 0.29) is 6.42 Å². The summed E-state index contributed by atoms with van der Waals surface area (Å²) in [5.74, 6) is 0.963. The van der Waals surface area contributed by atoms with Crippen LogP contribution < -0.4 is 0 Å². The maximum absolute atomic E-state index is 10.7. The number of nitrogens with zero attached hydrogens (tertiary/aromatic N) is 3. The van der Waals surface area contributed by atoms with Crippen LogP contribution in [0.3, 0.4) is 0 Å². The summed E-state index contributed by atoms with van der Waals surface area (Å²) >= 11 is 0. The first kappa shape index (κ1) is 15.0. The molecule has 1 N–H and O–H groups in total. The topological polar surface area (TPSA) is 58.4 Å². The number of carboxylic acids is 1. The van der Waals surface area contributed by atoms with Crippen LogP contribution in [0.2, 0.25) is 0 Å². The first-order valence-electron chi connectivity index (χ1n) is 8.08. The number of aliphatic carboxylic acids is 1. The number of para-hydroxylation sites is 2. The summed E-state index contributed by atoms with van der Waals surface area (Å²) in [6.45, 7) is 5.69. The first-order valence-corrected chi connectivity index (χ1v) is 8.08. The Morgan fingerprint density at radius 3 is 2.73 bits per heavy atom. The molecule has 118 valence electrons. The predicted octanol–water partition coefficient (Wildman–Crippen LogP) is 2.71. The maximum Gasteiger partial charge on any atom is 0.304 e. The van der Waals surface area contributed by atoms with Crippen LogP contribution in [0.1, 0.15) is 37.9 Å². The molecule has 5 nitrogen and oxygen atoms in total. The van der Waals surface area contributed by atoms with Crippen LogP contribution in [0.5, 0.6) is 0 Å². The van der Waals surface area contributed by atoms with E-state index >= 15 is 0 Å². The Bertz CT molecular complexity index is 657. The quantitative estimate of drug-likeness (QED) is 0.922. The van der Waals surface area contributed by atoms with Gasteiger partial charge in [0.1, 0.15) is 5.82 Å². The molecule has 5 heteroatoms. The van der Waals surface area contributed by atoms with Crippen molar-refractivity contribution in [2.45, 2.75) is 38.6 Å². The summed E-state index contributed by atoms with van der Waals surface area (Å²) in [5, 5.41) is 8.78.